The molecule has 0 spiro atoms. The normalized spacial score (nSPS) is 15.1. The highest BCUT2D eigenvalue weighted by atomic mass is 15.3. The second-order valence-corrected chi connectivity index (χ2v) is 6.12. The van der Waals surface area contributed by atoms with Crippen LogP contribution in [-0.4, -0.2) is 28.0 Å². The molecule has 0 atom stereocenters. The fraction of sp³-hybridized carbons (Fsp3) is 0.316. The Labute approximate surface area is 136 Å². The summed E-state index contributed by atoms with van der Waals surface area (Å²) < 4.78 is 0. The largest absolute Gasteiger partial charge is 0.341 e. The molecule has 1 saturated heterocycles. The molecule has 1 aliphatic rings. The van der Waals surface area contributed by atoms with Crippen molar-refractivity contribution in [3.05, 3.63) is 48.3 Å². The molecule has 0 unspecified atom stereocenters. The lowest BCUT2D eigenvalue weighted by molar-refractivity contribution is 0.568. The third kappa shape index (κ3) is 2.77. The van der Waals surface area contributed by atoms with E-state index in [1.54, 1.807) is 0 Å². The Balaban J connectivity index is 1.83. The zero-order valence-corrected chi connectivity index (χ0v) is 13.4. The van der Waals surface area contributed by atoms with Gasteiger partial charge in [-0.25, -0.2) is 9.97 Å². The van der Waals surface area contributed by atoms with E-state index < -0.39 is 0 Å². The van der Waals surface area contributed by atoms with Crippen LogP contribution in [0.2, 0.25) is 0 Å². The fourth-order valence-electron chi connectivity index (χ4n) is 3.24. The van der Waals surface area contributed by atoms with Crippen molar-refractivity contribution in [2.24, 2.45) is 0 Å². The molecule has 1 aliphatic heterocycles. The van der Waals surface area contributed by atoms with E-state index in [-0.39, 0.29) is 0 Å². The van der Waals surface area contributed by atoms with E-state index in [0.717, 1.165) is 46.9 Å². The molecule has 23 heavy (non-hydrogen) atoms. The summed E-state index contributed by atoms with van der Waals surface area (Å²) in [6.07, 6.45) is 5.60. The molecule has 0 radical (unpaired) electrons. The first-order valence-corrected chi connectivity index (χ1v) is 8.26. The van der Waals surface area contributed by atoms with Crippen LogP contribution in [0.3, 0.4) is 0 Å². The minimum Gasteiger partial charge on any atom is -0.341 e. The van der Waals surface area contributed by atoms with Gasteiger partial charge in [-0.15, -0.1) is 0 Å². The van der Waals surface area contributed by atoms with Crippen LogP contribution >= 0.6 is 0 Å². The lowest BCUT2D eigenvalue weighted by Crippen LogP contribution is -2.31. The lowest BCUT2D eigenvalue weighted by atomic mass is 10.1. The molecule has 1 aromatic carbocycles. The van der Waals surface area contributed by atoms with Gasteiger partial charge in [0.25, 0.3) is 0 Å². The monoisotopic (exact) mass is 304 g/mol. The van der Waals surface area contributed by atoms with Gasteiger partial charge in [-0.05, 0) is 38.3 Å². The smallest absolute Gasteiger partial charge is 0.226 e. The fourth-order valence-corrected chi connectivity index (χ4v) is 3.24. The van der Waals surface area contributed by atoms with Gasteiger partial charge in [-0.3, -0.25) is 4.98 Å². The van der Waals surface area contributed by atoms with Crippen molar-refractivity contribution < 1.29 is 0 Å². The van der Waals surface area contributed by atoms with E-state index in [2.05, 4.69) is 45.2 Å². The first-order chi connectivity index (χ1) is 11.3. The molecular formula is C19H20N4. The predicted molar refractivity (Wildman–Crippen MR) is 93.6 cm³/mol. The van der Waals surface area contributed by atoms with Gasteiger partial charge < -0.3 is 4.90 Å². The Morgan fingerprint density at radius 2 is 1.78 bits per heavy atom. The number of pyridine rings is 1. The maximum atomic E-state index is 4.85. The Bertz CT molecular complexity index is 832. The number of para-hydroxylation sites is 1. The minimum absolute atomic E-state index is 0.854. The van der Waals surface area contributed by atoms with Crippen molar-refractivity contribution in [3.63, 3.8) is 0 Å². The van der Waals surface area contributed by atoms with E-state index >= 15 is 0 Å². The number of rotatable bonds is 2. The summed E-state index contributed by atoms with van der Waals surface area (Å²) in [5.74, 6) is 0.854. The molecule has 3 aromatic rings. The minimum atomic E-state index is 0.854. The Kier molecular flexibility index (Phi) is 3.66. The van der Waals surface area contributed by atoms with Crippen molar-refractivity contribution in [2.75, 3.05) is 18.0 Å². The third-order valence-electron chi connectivity index (χ3n) is 4.39. The molecule has 0 amide bonds. The first-order valence-electron chi connectivity index (χ1n) is 8.26. The summed E-state index contributed by atoms with van der Waals surface area (Å²) in [6, 6.07) is 12.4. The zero-order valence-electron chi connectivity index (χ0n) is 13.4. The van der Waals surface area contributed by atoms with Crippen LogP contribution in [0.4, 0.5) is 5.95 Å². The Hall–Kier alpha value is -2.49. The molecule has 2 aromatic heterocycles. The van der Waals surface area contributed by atoms with E-state index in [4.69, 9.17) is 4.98 Å². The summed E-state index contributed by atoms with van der Waals surface area (Å²) in [6.45, 7) is 4.14. The molecule has 4 nitrogen and oxygen atoms in total. The summed E-state index contributed by atoms with van der Waals surface area (Å²) >= 11 is 0. The number of hydrogen-bond donors (Lipinski definition) is 0. The Morgan fingerprint density at radius 3 is 2.65 bits per heavy atom. The summed E-state index contributed by atoms with van der Waals surface area (Å²) in [5.41, 5.74) is 4.04. The average molecular weight is 304 g/mol. The van der Waals surface area contributed by atoms with Gasteiger partial charge in [-0.1, -0.05) is 24.3 Å². The van der Waals surface area contributed by atoms with Crippen molar-refractivity contribution in [1.29, 1.82) is 0 Å². The topological polar surface area (TPSA) is 41.9 Å². The van der Waals surface area contributed by atoms with E-state index in [9.17, 15) is 0 Å². The second kappa shape index (κ2) is 5.95. The summed E-state index contributed by atoms with van der Waals surface area (Å²) in [7, 11) is 0. The first kappa shape index (κ1) is 14.1. The van der Waals surface area contributed by atoms with Gasteiger partial charge >= 0.3 is 0 Å². The SMILES string of the molecule is Cc1cc(-c2cccc3cccnc23)nc(N2CCCCC2)n1. The Morgan fingerprint density at radius 1 is 0.957 bits per heavy atom. The molecule has 0 bridgehead atoms. The molecule has 116 valence electrons. The molecule has 4 heteroatoms. The van der Waals surface area contributed by atoms with Crippen LogP contribution in [0.5, 0.6) is 0 Å². The van der Waals surface area contributed by atoms with Gasteiger partial charge in [0.1, 0.15) is 0 Å². The molecule has 0 N–H and O–H groups in total. The molecule has 0 saturated carbocycles. The maximum Gasteiger partial charge on any atom is 0.226 e. The highest BCUT2D eigenvalue weighted by Crippen LogP contribution is 2.27. The molecule has 0 aliphatic carbocycles. The number of aryl methyl sites for hydroxylation is 1. The summed E-state index contributed by atoms with van der Waals surface area (Å²) in [5, 5.41) is 1.14. The quantitative estimate of drug-likeness (QED) is 0.718. The second-order valence-electron chi connectivity index (χ2n) is 6.12. The van der Waals surface area contributed by atoms with Crippen LogP contribution < -0.4 is 4.90 Å². The van der Waals surface area contributed by atoms with E-state index in [0.29, 0.717) is 0 Å². The summed E-state index contributed by atoms with van der Waals surface area (Å²) in [4.78, 5) is 16.4. The predicted octanol–water partition coefficient (Wildman–Crippen LogP) is 3.99. The van der Waals surface area contributed by atoms with Crippen LogP contribution in [0.25, 0.3) is 22.2 Å². The zero-order chi connectivity index (χ0) is 15.6. The van der Waals surface area contributed by atoms with Crippen LogP contribution in [0.15, 0.2) is 42.6 Å². The maximum absolute atomic E-state index is 4.85. The van der Waals surface area contributed by atoms with Crippen LogP contribution in [0.1, 0.15) is 25.0 Å². The van der Waals surface area contributed by atoms with Crippen molar-refractivity contribution in [1.82, 2.24) is 15.0 Å². The van der Waals surface area contributed by atoms with E-state index in [1.807, 2.05) is 19.2 Å². The van der Waals surface area contributed by atoms with Crippen molar-refractivity contribution >= 4 is 16.9 Å². The van der Waals surface area contributed by atoms with E-state index in [1.165, 1.54) is 19.3 Å². The molecule has 1 fully saturated rings. The van der Waals surface area contributed by atoms with Crippen molar-refractivity contribution in [3.8, 4) is 11.3 Å². The number of aromatic nitrogens is 3. The highest BCUT2D eigenvalue weighted by Gasteiger charge is 2.16. The molecule has 3 heterocycles. The van der Waals surface area contributed by atoms with Gasteiger partial charge in [0.15, 0.2) is 0 Å². The number of nitrogens with zero attached hydrogens (tertiary/aromatic N) is 4. The highest BCUT2D eigenvalue weighted by molar-refractivity contribution is 5.92. The number of benzene rings is 1. The number of hydrogen-bond acceptors (Lipinski definition) is 4. The van der Waals surface area contributed by atoms with Crippen LogP contribution in [-0.2, 0) is 0 Å². The van der Waals surface area contributed by atoms with Gasteiger partial charge in [-0.2, -0.15) is 0 Å². The number of anilines is 1. The van der Waals surface area contributed by atoms with Gasteiger partial charge in [0.2, 0.25) is 5.95 Å². The lowest BCUT2D eigenvalue weighted by Gasteiger charge is -2.27. The van der Waals surface area contributed by atoms with Gasteiger partial charge in [0.05, 0.1) is 11.2 Å². The number of fused-ring (bicyclic) bond motifs is 1. The molecule has 4 rings (SSSR count). The third-order valence-corrected chi connectivity index (χ3v) is 4.39. The average Bonchev–Trinajstić information content (AvgIpc) is 2.61. The standard InChI is InChI=1S/C19H20N4/c1-14-13-17(22-19(21-14)23-11-3-2-4-12-23)16-9-5-7-15-8-6-10-20-18(15)16/h5-10,13H,2-4,11-12H2,1H3. The van der Waals surface area contributed by atoms with Crippen LogP contribution in [0, 0.1) is 6.92 Å². The van der Waals surface area contributed by atoms with Crippen molar-refractivity contribution in [2.45, 2.75) is 26.2 Å². The molecular weight excluding hydrogens is 284 g/mol. The number of piperidine rings is 1. The van der Waals surface area contributed by atoms with Gasteiger partial charge in [0, 0.05) is 35.9 Å².